The van der Waals surface area contributed by atoms with E-state index < -0.39 is 81.9 Å². The molecule has 2 aromatic heterocycles. The minimum atomic E-state index is -1.39. The number of hydrogen-bond acceptors (Lipinski definition) is 10. The van der Waals surface area contributed by atoms with Crippen molar-refractivity contribution in [3.8, 4) is 22.6 Å². The Morgan fingerprint density at radius 3 is 1.89 bits per heavy atom. The van der Waals surface area contributed by atoms with Crippen LogP contribution in [0.25, 0.3) is 31.6 Å². The second kappa shape index (κ2) is 19.2. The van der Waals surface area contributed by atoms with Crippen molar-refractivity contribution in [2.75, 3.05) is 0 Å². The standard InChI is InChI=1S/C47H30Cl2F4N4O6S2/c1-23(25-7-3-2-4-8-25)45(59)57-47(61)41-42(51)29(20-34(44(41)53)63-22-39-55-32-19-28(49)11-15-36(32)65-39)26-9-5-6-24(16-26)17-37(58)56-46(60)40-30(50)12-13-33(43(40)52)62-21-38-54-31-18-27(48)10-14-35(31)64-38/h2-16,18-20,23H,17,21-22H2,1H3,(H,56,58,60)(H,57,59,61). The van der Waals surface area contributed by atoms with Gasteiger partial charge in [-0.1, -0.05) is 77.8 Å². The monoisotopic (exact) mass is 956 g/mol. The van der Waals surface area contributed by atoms with E-state index in [0.717, 1.165) is 27.6 Å². The van der Waals surface area contributed by atoms with Gasteiger partial charge in [0.25, 0.3) is 11.8 Å². The maximum absolute atomic E-state index is 16.5. The highest BCUT2D eigenvalue weighted by Crippen LogP contribution is 2.36. The lowest BCUT2D eigenvalue weighted by Gasteiger charge is -2.16. The van der Waals surface area contributed by atoms with Crippen LogP contribution in [0.3, 0.4) is 0 Å². The number of carbonyl (C=O) groups excluding carboxylic acids is 4. The van der Waals surface area contributed by atoms with E-state index in [1.807, 2.05) is 5.32 Å². The molecule has 18 heteroatoms. The molecule has 8 aromatic rings. The molecule has 0 fully saturated rings. The summed E-state index contributed by atoms with van der Waals surface area (Å²) in [4.78, 5) is 61.9. The van der Waals surface area contributed by atoms with Crippen LogP contribution in [0, 0.1) is 23.3 Å². The van der Waals surface area contributed by atoms with Crippen molar-refractivity contribution in [3.63, 3.8) is 0 Å². The fourth-order valence-electron chi connectivity index (χ4n) is 6.72. The predicted molar refractivity (Wildman–Crippen MR) is 240 cm³/mol. The number of imide groups is 2. The molecule has 0 aliphatic heterocycles. The summed E-state index contributed by atoms with van der Waals surface area (Å²) in [6.45, 7) is 1.01. The zero-order chi connectivity index (χ0) is 45.9. The number of fused-ring (bicyclic) bond motifs is 2. The smallest absolute Gasteiger partial charge is 0.264 e. The SMILES string of the molecule is CC(C(=O)NC(=O)c1c(F)c(OCc2nc3cc(Cl)ccc3s2)cc(-c2cccc(CC(=O)NC(=O)c3c(F)ccc(OCc4nc5cc(Cl)ccc5s4)c3F)c2)c1F)c1ccccc1. The summed E-state index contributed by atoms with van der Waals surface area (Å²) in [5.41, 5.74) is -0.595. The van der Waals surface area contributed by atoms with E-state index >= 15 is 13.2 Å². The minimum Gasteiger partial charge on any atom is -0.483 e. The number of nitrogens with zero attached hydrogens (tertiary/aromatic N) is 2. The van der Waals surface area contributed by atoms with Crippen LogP contribution in [-0.2, 0) is 29.2 Å². The van der Waals surface area contributed by atoms with E-state index in [9.17, 15) is 23.6 Å². The van der Waals surface area contributed by atoms with Gasteiger partial charge < -0.3 is 9.47 Å². The third-order valence-corrected chi connectivity index (χ3v) is 12.4. The van der Waals surface area contributed by atoms with Gasteiger partial charge in [-0.3, -0.25) is 29.8 Å². The van der Waals surface area contributed by atoms with Gasteiger partial charge in [0.05, 0.1) is 32.8 Å². The Balaban J connectivity index is 1.02. The van der Waals surface area contributed by atoms with Gasteiger partial charge >= 0.3 is 0 Å². The molecule has 6 aromatic carbocycles. The number of benzene rings is 6. The van der Waals surface area contributed by atoms with E-state index in [4.69, 9.17) is 32.7 Å². The van der Waals surface area contributed by atoms with Gasteiger partial charge in [0.1, 0.15) is 46.0 Å². The van der Waals surface area contributed by atoms with Gasteiger partial charge in [0.2, 0.25) is 11.8 Å². The summed E-state index contributed by atoms with van der Waals surface area (Å²) in [5, 5.41) is 5.85. The van der Waals surface area contributed by atoms with Crippen LogP contribution in [0.2, 0.25) is 10.0 Å². The van der Waals surface area contributed by atoms with E-state index in [1.165, 1.54) is 53.9 Å². The third-order valence-electron chi connectivity index (χ3n) is 9.95. The van der Waals surface area contributed by atoms with Gasteiger partial charge in [-0.2, -0.15) is 0 Å². The quantitative estimate of drug-likeness (QED) is 0.109. The molecule has 2 heterocycles. The highest BCUT2D eigenvalue weighted by atomic mass is 35.5. The largest absolute Gasteiger partial charge is 0.483 e. The molecule has 0 bridgehead atoms. The fraction of sp³-hybridized carbons (Fsp3) is 0.106. The summed E-state index contributed by atoms with van der Waals surface area (Å²) in [5.74, 6) is -11.8. The van der Waals surface area contributed by atoms with Crippen LogP contribution in [0.15, 0.2) is 109 Å². The molecule has 0 aliphatic carbocycles. The van der Waals surface area contributed by atoms with Crippen molar-refractivity contribution in [1.29, 1.82) is 0 Å². The van der Waals surface area contributed by atoms with E-state index in [1.54, 1.807) is 66.7 Å². The third kappa shape index (κ3) is 10.0. The second-order valence-electron chi connectivity index (χ2n) is 14.4. The number of amides is 4. The molecule has 10 nitrogen and oxygen atoms in total. The average Bonchev–Trinajstić information content (AvgIpc) is 3.88. The molecule has 4 amide bonds. The Morgan fingerprint density at radius 1 is 0.646 bits per heavy atom. The topological polar surface area (TPSA) is 137 Å². The zero-order valence-corrected chi connectivity index (χ0v) is 36.7. The molecule has 328 valence electrons. The fourth-order valence-corrected chi connectivity index (χ4v) is 8.78. The molecule has 2 N–H and O–H groups in total. The molecule has 1 atom stereocenters. The van der Waals surface area contributed by atoms with Crippen LogP contribution in [0.1, 0.15) is 54.7 Å². The normalized spacial score (nSPS) is 11.7. The summed E-state index contributed by atoms with van der Waals surface area (Å²) in [6.07, 6.45) is -0.548. The second-order valence-corrected chi connectivity index (χ2v) is 17.5. The average molecular weight is 958 g/mol. The maximum atomic E-state index is 16.5. The van der Waals surface area contributed by atoms with E-state index in [2.05, 4.69) is 15.3 Å². The first kappa shape index (κ1) is 44.9. The summed E-state index contributed by atoms with van der Waals surface area (Å²) in [7, 11) is 0. The van der Waals surface area contributed by atoms with Crippen LogP contribution in [0.5, 0.6) is 11.5 Å². The van der Waals surface area contributed by atoms with Gasteiger partial charge in [-0.15, -0.1) is 22.7 Å². The Kier molecular flexibility index (Phi) is 13.2. The van der Waals surface area contributed by atoms with Crippen LogP contribution in [0.4, 0.5) is 17.6 Å². The highest BCUT2D eigenvalue weighted by molar-refractivity contribution is 7.18. The molecule has 0 aliphatic rings. The van der Waals surface area contributed by atoms with Crippen molar-refractivity contribution in [1.82, 2.24) is 20.6 Å². The van der Waals surface area contributed by atoms with Gasteiger partial charge in [0.15, 0.2) is 23.1 Å². The number of carbonyl (C=O) groups is 4. The van der Waals surface area contributed by atoms with Crippen LogP contribution in [-0.4, -0.2) is 33.6 Å². The number of rotatable bonds is 13. The molecule has 0 saturated carbocycles. The molecular formula is C47H30Cl2F4N4O6S2. The molecule has 0 radical (unpaired) electrons. The van der Waals surface area contributed by atoms with Crippen molar-refractivity contribution >= 4 is 89.9 Å². The first-order valence-corrected chi connectivity index (χ1v) is 21.8. The lowest BCUT2D eigenvalue weighted by Crippen LogP contribution is -2.35. The Bertz CT molecular complexity index is 3190. The lowest BCUT2D eigenvalue weighted by atomic mass is 9.97. The summed E-state index contributed by atoms with van der Waals surface area (Å²) >= 11 is 14.6. The molecule has 0 spiro atoms. The zero-order valence-electron chi connectivity index (χ0n) is 33.5. The lowest BCUT2D eigenvalue weighted by molar-refractivity contribution is -0.121. The van der Waals surface area contributed by atoms with Gasteiger partial charge in [0, 0.05) is 15.6 Å². The number of aromatic nitrogens is 2. The van der Waals surface area contributed by atoms with Crippen molar-refractivity contribution in [3.05, 3.63) is 175 Å². The maximum Gasteiger partial charge on any atom is 0.264 e. The first-order chi connectivity index (χ1) is 31.2. The Labute approximate surface area is 384 Å². The summed E-state index contributed by atoms with van der Waals surface area (Å²) < 4.78 is 76.2. The number of hydrogen-bond donors (Lipinski definition) is 2. The van der Waals surface area contributed by atoms with Crippen molar-refractivity contribution < 1.29 is 46.2 Å². The number of nitrogens with one attached hydrogen (secondary N) is 2. The molecular weight excluding hydrogens is 928 g/mol. The molecule has 8 rings (SSSR count). The highest BCUT2D eigenvalue weighted by Gasteiger charge is 2.29. The number of halogens is 6. The Morgan fingerprint density at radius 2 is 1.25 bits per heavy atom. The van der Waals surface area contributed by atoms with Crippen LogP contribution >= 0.6 is 45.9 Å². The minimum absolute atomic E-state index is 0.0369. The van der Waals surface area contributed by atoms with Crippen molar-refractivity contribution in [2.45, 2.75) is 32.5 Å². The molecule has 65 heavy (non-hydrogen) atoms. The van der Waals surface area contributed by atoms with E-state index in [0.29, 0.717) is 36.7 Å². The number of ether oxygens (including phenoxy) is 2. The van der Waals surface area contributed by atoms with E-state index in [-0.39, 0.29) is 29.9 Å². The molecule has 0 saturated heterocycles. The number of thiazole rings is 2. The summed E-state index contributed by atoms with van der Waals surface area (Å²) in [6, 6.07) is 27.1. The Hall–Kier alpha value is -6.72. The van der Waals surface area contributed by atoms with Gasteiger partial charge in [-0.05, 0) is 78.2 Å². The van der Waals surface area contributed by atoms with Crippen LogP contribution < -0.4 is 20.1 Å². The van der Waals surface area contributed by atoms with Crippen molar-refractivity contribution in [2.24, 2.45) is 0 Å². The predicted octanol–water partition coefficient (Wildman–Crippen LogP) is 11.2. The first-order valence-electron chi connectivity index (χ1n) is 19.4. The van der Waals surface area contributed by atoms with Gasteiger partial charge in [-0.25, -0.2) is 27.5 Å². The molecule has 1 unspecified atom stereocenters.